The summed E-state index contributed by atoms with van der Waals surface area (Å²) < 4.78 is 0. The predicted molar refractivity (Wildman–Crippen MR) is 73.0 cm³/mol. The Balaban J connectivity index is 2.24. The molecule has 2 rings (SSSR count). The zero-order chi connectivity index (χ0) is 12.1. The van der Waals surface area contributed by atoms with Crippen LogP contribution in [0.3, 0.4) is 0 Å². The molecular weight excluding hydrogens is 226 g/mol. The summed E-state index contributed by atoms with van der Waals surface area (Å²) >= 11 is 1.75. The van der Waals surface area contributed by atoms with Crippen LogP contribution < -0.4 is 0 Å². The lowest BCUT2D eigenvalue weighted by Gasteiger charge is -2.03. The van der Waals surface area contributed by atoms with Crippen LogP contribution in [-0.4, -0.2) is 6.26 Å². The Morgan fingerprint density at radius 2 is 1.47 bits per heavy atom. The molecule has 0 unspecified atom stereocenters. The first kappa shape index (κ1) is 11.8. The number of nitriles is 1. The molecular formula is C15H13NS. The lowest BCUT2D eigenvalue weighted by atomic mass is 10.0. The average molecular weight is 239 g/mol. The van der Waals surface area contributed by atoms with E-state index in [4.69, 9.17) is 5.26 Å². The molecule has 0 aromatic heterocycles. The Morgan fingerprint density at radius 1 is 0.941 bits per heavy atom. The van der Waals surface area contributed by atoms with Crippen LogP contribution in [0.25, 0.3) is 11.1 Å². The lowest BCUT2D eigenvalue weighted by molar-refractivity contribution is 1.26. The van der Waals surface area contributed by atoms with Crippen LogP contribution in [0.5, 0.6) is 0 Å². The number of hydrogen-bond donors (Lipinski definition) is 0. The van der Waals surface area contributed by atoms with Gasteiger partial charge in [0.1, 0.15) is 0 Å². The van der Waals surface area contributed by atoms with E-state index in [1.807, 2.05) is 12.1 Å². The highest BCUT2D eigenvalue weighted by Crippen LogP contribution is 2.23. The van der Waals surface area contributed by atoms with Gasteiger partial charge in [0.15, 0.2) is 0 Å². The smallest absolute Gasteiger partial charge is 0.0669 e. The van der Waals surface area contributed by atoms with Crippen molar-refractivity contribution >= 4 is 11.8 Å². The van der Waals surface area contributed by atoms with Crippen molar-refractivity contribution < 1.29 is 0 Å². The predicted octanol–water partition coefficient (Wildman–Crippen LogP) is 4.14. The van der Waals surface area contributed by atoms with Gasteiger partial charge in [-0.2, -0.15) is 5.26 Å². The minimum absolute atomic E-state index is 0.478. The van der Waals surface area contributed by atoms with E-state index in [0.29, 0.717) is 6.42 Å². The molecule has 0 atom stereocenters. The Morgan fingerprint density at radius 3 is 1.94 bits per heavy atom. The van der Waals surface area contributed by atoms with Gasteiger partial charge in [-0.1, -0.05) is 36.4 Å². The average Bonchev–Trinajstić information content (AvgIpc) is 2.40. The molecule has 0 aliphatic heterocycles. The van der Waals surface area contributed by atoms with Gasteiger partial charge in [0.25, 0.3) is 0 Å². The van der Waals surface area contributed by atoms with E-state index in [0.717, 1.165) is 5.56 Å². The standard InChI is InChI=1S/C15H13NS/c1-17-15-8-6-14(7-9-15)13-4-2-12(3-5-13)10-11-16/h2-9H,10H2,1H3. The van der Waals surface area contributed by atoms with Crippen molar-refractivity contribution in [2.75, 3.05) is 6.26 Å². The number of hydrogen-bond acceptors (Lipinski definition) is 2. The third kappa shape index (κ3) is 2.89. The zero-order valence-corrected chi connectivity index (χ0v) is 10.5. The largest absolute Gasteiger partial charge is 0.198 e. The first-order valence-corrected chi connectivity index (χ1v) is 6.66. The second kappa shape index (κ2) is 5.56. The van der Waals surface area contributed by atoms with Gasteiger partial charge < -0.3 is 0 Å². The van der Waals surface area contributed by atoms with Crippen LogP contribution in [0.2, 0.25) is 0 Å². The summed E-state index contributed by atoms with van der Waals surface area (Å²) in [5, 5.41) is 8.61. The van der Waals surface area contributed by atoms with Crippen molar-refractivity contribution in [1.29, 1.82) is 5.26 Å². The molecule has 0 bridgehead atoms. The summed E-state index contributed by atoms with van der Waals surface area (Å²) in [6, 6.07) is 18.8. The molecule has 0 fully saturated rings. The zero-order valence-electron chi connectivity index (χ0n) is 9.68. The molecule has 2 heteroatoms. The highest BCUT2D eigenvalue weighted by atomic mass is 32.2. The van der Waals surface area contributed by atoms with Crippen molar-refractivity contribution in [2.45, 2.75) is 11.3 Å². The summed E-state index contributed by atoms with van der Waals surface area (Å²) in [6.07, 6.45) is 2.55. The third-order valence-electron chi connectivity index (χ3n) is 2.66. The van der Waals surface area contributed by atoms with Gasteiger partial charge in [-0.15, -0.1) is 11.8 Å². The molecule has 0 heterocycles. The van der Waals surface area contributed by atoms with Gasteiger partial charge in [0, 0.05) is 4.90 Å². The summed E-state index contributed by atoms with van der Waals surface area (Å²) in [6.45, 7) is 0. The van der Waals surface area contributed by atoms with E-state index in [-0.39, 0.29) is 0 Å². The van der Waals surface area contributed by atoms with Crippen LogP contribution in [0.1, 0.15) is 5.56 Å². The Labute approximate surface area is 106 Å². The molecule has 0 amide bonds. The van der Waals surface area contributed by atoms with Crippen LogP contribution in [0, 0.1) is 11.3 Å². The van der Waals surface area contributed by atoms with Crippen molar-refractivity contribution in [3.05, 3.63) is 54.1 Å². The Kier molecular flexibility index (Phi) is 3.85. The van der Waals surface area contributed by atoms with Gasteiger partial charge in [-0.3, -0.25) is 0 Å². The molecule has 0 radical (unpaired) electrons. The molecule has 2 aromatic carbocycles. The van der Waals surface area contributed by atoms with E-state index in [2.05, 4.69) is 48.7 Å². The van der Waals surface area contributed by atoms with Crippen molar-refractivity contribution in [3.63, 3.8) is 0 Å². The molecule has 17 heavy (non-hydrogen) atoms. The van der Waals surface area contributed by atoms with E-state index in [1.54, 1.807) is 11.8 Å². The molecule has 0 N–H and O–H groups in total. The quantitative estimate of drug-likeness (QED) is 0.751. The van der Waals surface area contributed by atoms with Crippen LogP contribution in [0.15, 0.2) is 53.4 Å². The number of thioether (sulfide) groups is 1. The molecule has 0 saturated carbocycles. The monoisotopic (exact) mass is 239 g/mol. The molecule has 0 aliphatic rings. The number of rotatable bonds is 3. The molecule has 0 saturated heterocycles. The third-order valence-corrected chi connectivity index (χ3v) is 3.40. The summed E-state index contributed by atoms with van der Waals surface area (Å²) in [4.78, 5) is 1.27. The first-order chi connectivity index (χ1) is 8.33. The molecule has 1 nitrogen and oxygen atoms in total. The van der Waals surface area contributed by atoms with Crippen LogP contribution in [-0.2, 0) is 6.42 Å². The summed E-state index contributed by atoms with van der Waals surface area (Å²) in [5.41, 5.74) is 3.47. The molecule has 0 aliphatic carbocycles. The topological polar surface area (TPSA) is 23.8 Å². The SMILES string of the molecule is CSc1ccc(-c2ccc(CC#N)cc2)cc1. The molecule has 84 valence electrons. The second-order valence-corrected chi connectivity index (χ2v) is 4.64. The Bertz CT molecular complexity index is 520. The second-order valence-electron chi connectivity index (χ2n) is 3.76. The van der Waals surface area contributed by atoms with E-state index >= 15 is 0 Å². The maximum atomic E-state index is 8.61. The van der Waals surface area contributed by atoms with Crippen molar-refractivity contribution in [3.8, 4) is 17.2 Å². The van der Waals surface area contributed by atoms with Crippen molar-refractivity contribution in [1.82, 2.24) is 0 Å². The van der Waals surface area contributed by atoms with Gasteiger partial charge in [0.05, 0.1) is 12.5 Å². The van der Waals surface area contributed by atoms with Crippen LogP contribution in [0.4, 0.5) is 0 Å². The highest BCUT2D eigenvalue weighted by molar-refractivity contribution is 7.98. The van der Waals surface area contributed by atoms with Gasteiger partial charge in [-0.05, 0) is 35.1 Å². The van der Waals surface area contributed by atoms with E-state index in [9.17, 15) is 0 Å². The lowest BCUT2D eigenvalue weighted by Crippen LogP contribution is -1.82. The molecule has 2 aromatic rings. The normalized spacial score (nSPS) is 9.88. The Hall–Kier alpha value is -1.72. The fraction of sp³-hybridized carbons (Fsp3) is 0.133. The summed E-state index contributed by atoms with van der Waals surface area (Å²) in [7, 11) is 0. The highest BCUT2D eigenvalue weighted by Gasteiger charge is 1.98. The minimum Gasteiger partial charge on any atom is -0.198 e. The van der Waals surface area contributed by atoms with Gasteiger partial charge in [-0.25, -0.2) is 0 Å². The maximum absolute atomic E-state index is 8.61. The summed E-state index contributed by atoms with van der Waals surface area (Å²) in [5.74, 6) is 0. The molecule has 0 spiro atoms. The minimum atomic E-state index is 0.478. The fourth-order valence-electron chi connectivity index (χ4n) is 1.69. The van der Waals surface area contributed by atoms with Crippen molar-refractivity contribution in [2.24, 2.45) is 0 Å². The maximum Gasteiger partial charge on any atom is 0.0669 e. The fourth-order valence-corrected chi connectivity index (χ4v) is 2.10. The van der Waals surface area contributed by atoms with Gasteiger partial charge >= 0.3 is 0 Å². The van der Waals surface area contributed by atoms with E-state index < -0.39 is 0 Å². The number of benzene rings is 2. The van der Waals surface area contributed by atoms with E-state index in [1.165, 1.54) is 16.0 Å². The first-order valence-electron chi connectivity index (χ1n) is 5.44. The number of nitrogens with zero attached hydrogens (tertiary/aromatic N) is 1. The van der Waals surface area contributed by atoms with Gasteiger partial charge in [0.2, 0.25) is 0 Å². The van der Waals surface area contributed by atoms with Crippen LogP contribution >= 0.6 is 11.8 Å².